The predicted molar refractivity (Wildman–Crippen MR) is 86.2 cm³/mol. The van der Waals surface area contributed by atoms with Crippen LogP contribution in [0.25, 0.3) is 11.8 Å². The van der Waals surface area contributed by atoms with Crippen molar-refractivity contribution in [2.45, 2.75) is 6.92 Å². The van der Waals surface area contributed by atoms with E-state index in [9.17, 15) is 4.79 Å². The Morgan fingerprint density at radius 1 is 1.00 bits per heavy atom. The molecular weight excluding hydrogens is 276 g/mol. The number of rotatable bonds is 3. The van der Waals surface area contributed by atoms with E-state index in [2.05, 4.69) is 0 Å². The topological polar surface area (TPSA) is 35.5 Å². The molecule has 0 bridgehead atoms. The first-order valence-electron chi connectivity index (χ1n) is 7.02. The largest absolute Gasteiger partial charge is 0.497 e. The Labute approximate surface area is 129 Å². The van der Waals surface area contributed by atoms with Gasteiger partial charge >= 0.3 is 5.97 Å². The van der Waals surface area contributed by atoms with Gasteiger partial charge in [0, 0.05) is 5.56 Å². The van der Waals surface area contributed by atoms with Gasteiger partial charge in [0.15, 0.2) is 0 Å². The minimum absolute atomic E-state index is 0.327. The molecular formula is C19H16O3. The highest BCUT2D eigenvalue weighted by molar-refractivity contribution is 6.05. The summed E-state index contributed by atoms with van der Waals surface area (Å²) in [7, 11) is 1.62. The number of cyclic esters (lactones) is 1. The highest BCUT2D eigenvalue weighted by Crippen LogP contribution is 2.28. The van der Waals surface area contributed by atoms with Crippen LogP contribution in [-0.2, 0) is 9.53 Å². The Morgan fingerprint density at radius 2 is 1.68 bits per heavy atom. The Hall–Kier alpha value is -2.81. The summed E-state index contributed by atoms with van der Waals surface area (Å²) < 4.78 is 10.5. The van der Waals surface area contributed by atoms with E-state index in [1.165, 1.54) is 5.56 Å². The molecule has 22 heavy (non-hydrogen) atoms. The molecule has 0 unspecified atom stereocenters. The number of hydrogen-bond acceptors (Lipinski definition) is 3. The number of aryl methyl sites for hydroxylation is 1. The summed E-state index contributed by atoms with van der Waals surface area (Å²) in [6.45, 7) is 2.03. The first-order valence-corrected chi connectivity index (χ1v) is 7.02. The highest BCUT2D eigenvalue weighted by atomic mass is 16.5. The Morgan fingerprint density at radius 3 is 2.32 bits per heavy atom. The molecule has 1 aliphatic rings. The summed E-state index contributed by atoms with van der Waals surface area (Å²) in [6, 6.07) is 15.4. The molecule has 3 rings (SSSR count). The Bertz CT molecular complexity index is 750. The molecule has 1 aliphatic heterocycles. The van der Waals surface area contributed by atoms with Crippen molar-refractivity contribution >= 4 is 17.8 Å². The van der Waals surface area contributed by atoms with Crippen LogP contribution in [0.3, 0.4) is 0 Å². The molecule has 2 aromatic rings. The number of carbonyl (C=O) groups excluding carboxylic acids is 1. The molecule has 2 aromatic carbocycles. The number of esters is 1. The number of hydrogen-bond donors (Lipinski definition) is 0. The van der Waals surface area contributed by atoms with Crippen LogP contribution >= 0.6 is 0 Å². The summed E-state index contributed by atoms with van der Waals surface area (Å²) in [4.78, 5) is 12.0. The van der Waals surface area contributed by atoms with Gasteiger partial charge in [-0.1, -0.05) is 29.8 Å². The van der Waals surface area contributed by atoms with Crippen LogP contribution in [0.15, 0.2) is 60.2 Å². The van der Waals surface area contributed by atoms with Gasteiger partial charge in [-0.05, 0) is 48.9 Å². The van der Waals surface area contributed by atoms with E-state index in [-0.39, 0.29) is 5.97 Å². The van der Waals surface area contributed by atoms with Crippen molar-refractivity contribution in [1.82, 2.24) is 0 Å². The van der Waals surface area contributed by atoms with Gasteiger partial charge in [-0.3, -0.25) is 0 Å². The first kappa shape index (κ1) is 14.1. The quantitative estimate of drug-likeness (QED) is 0.634. The predicted octanol–water partition coefficient (Wildman–Crippen LogP) is 3.98. The van der Waals surface area contributed by atoms with E-state index in [1.54, 1.807) is 13.2 Å². The maximum atomic E-state index is 12.0. The van der Waals surface area contributed by atoms with E-state index in [0.717, 1.165) is 16.9 Å². The standard InChI is InChI=1S/C19H16O3/c1-13-3-5-14(6-4-13)11-16-12-18(22-19(16)20)15-7-9-17(21-2)10-8-15/h3-12H,1-2H3/b16-11+. The highest BCUT2D eigenvalue weighted by Gasteiger charge is 2.21. The average molecular weight is 292 g/mol. The molecule has 0 spiro atoms. The number of carbonyl (C=O) groups is 1. The molecule has 0 saturated heterocycles. The molecule has 110 valence electrons. The van der Waals surface area contributed by atoms with Crippen LogP contribution < -0.4 is 4.74 Å². The van der Waals surface area contributed by atoms with Crippen LogP contribution in [0.4, 0.5) is 0 Å². The van der Waals surface area contributed by atoms with Gasteiger partial charge < -0.3 is 9.47 Å². The Kier molecular flexibility index (Phi) is 3.79. The molecule has 0 fully saturated rings. The van der Waals surface area contributed by atoms with Crippen molar-refractivity contribution in [2.75, 3.05) is 7.11 Å². The Balaban J connectivity index is 1.88. The van der Waals surface area contributed by atoms with Gasteiger partial charge in [-0.2, -0.15) is 0 Å². The summed E-state index contributed by atoms with van der Waals surface area (Å²) in [5, 5.41) is 0. The lowest BCUT2D eigenvalue weighted by Crippen LogP contribution is -1.97. The second-order valence-corrected chi connectivity index (χ2v) is 5.14. The van der Waals surface area contributed by atoms with E-state index >= 15 is 0 Å². The number of methoxy groups -OCH3 is 1. The number of benzene rings is 2. The third kappa shape index (κ3) is 2.93. The number of ether oxygens (including phenoxy) is 2. The molecule has 0 saturated carbocycles. The minimum Gasteiger partial charge on any atom is -0.497 e. The molecule has 3 heteroatoms. The molecule has 0 N–H and O–H groups in total. The van der Waals surface area contributed by atoms with E-state index in [1.807, 2.05) is 61.5 Å². The second-order valence-electron chi connectivity index (χ2n) is 5.14. The van der Waals surface area contributed by atoms with Crippen molar-refractivity contribution in [3.05, 3.63) is 76.9 Å². The van der Waals surface area contributed by atoms with Gasteiger partial charge in [0.2, 0.25) is 0 Å². The minimum atomic E-state index is -0.327. The maximum Gasteiger partial charge on any atom is 0.343 e. The SMILES string of the molecule is COc1ccc(C2=C/C(=C\c3ccc(C)cc3)C(=O)O2)cc1. The zero-order valence-corrected chi connectivity index (χ0v) is 12.5. The van der Waals surface area contributed by atoms with E-state index in [4.69, 9.17) is 9.47 Å². The summed E-state index contributed by atoms with van der Waals surface area (Å²) in [5.74, 6) is 1.00. The van der Waals surface area contributed by atoms with Gasteiger partial charge in [-0.25, -0.2) is 4.79 Å². The van der Waals surface area contributed by atoms with Crippen molar-refractivity contribution in [3.8, 4) is 5.75 Å². The van der Waals surface area contributed by atoms with Crippen LogP contribution in [-0.4, -0.2) is 13.1 Å². The van der Waals surface area contributed by atoms with Crippen LogP contribution in [0.2, 0.25) is 0 Å². The zero-order chi connectivity index (χ0) is 15.5. The first-order chi connectivity index (χ1) is 10.7. The molecule has 1 heterocycles. The second kappa shape index (κ2) is 5.90. The fourth-order valence-corrected chi connectivity index (χ4v) is 2.23. The van der Waals surface area contributed by atoms with Gasteiger partial charge in [-0.15, -0.1) is 0 Å². The lowest BCUT2D eigenvalue weighted by atomic mass is 10.1. The van der Waals surface area contributed by atoms with Crippen molar-refractivity contribution in [3.63, 3.8) is 0 Å². The smallest absolute Gasteiger partial charge is 0.343 e. The van der Waals surface area contributed by atoms with Crippen LogP contribution in [0.5, 0.6) is 5.75 Å². The summed E-state index contributed by atoms with van der Waals surface area (Å²) in [6.07, 6.45) is 3.60. The molecule has 0 atom stereocenters. The van der Waals surface area contributed by atoms with Crippen molar-refractivity contribution in [1.29, 1.82) is 0 Å². The zero-order valence-electron chi connectivity index (χ0n) is 12.5. The fraction of sp³-hybridized carbons (Fsp3) is 0.105. The lowest BCUT2D eigenvalue weighted by Gasteiger charge is -2.03. The third-order valence-electron chi connectivity index (χ3n) is 3.50. The molecule has 0 amide bonds. The van der Waals surface area contributed by atoms with Crippen LogP contribution in [0.1, 0.15) is 16.7 Å². The third-order valence-corrected chi connectivity index (χ3v) is 3.50. The summed E-state index contributed by atoms with van der Waals surface area (Å²) >= 11 is 0. The molecule has 0 aromatic heterocycles. The average Bonchev–Trinajstić information content (AvgIpc) is 2.91. The monoisotopic (exact) mass is 292 g/mol. The van der Waals surface area contributed by atoms with Crippen molar-refractivity contribution in [2.24, 2.45) is 0 Å². The maximum absolute atomic E-state index is 12.0. The normalized spacial score (nSPS) is 15.6. The molecule has 0 radical (unpaired) electrons. The lowest BCUT2D eigenvalue weighted by molar-refractivity contribution is -0.130. The fourth-order valence-electron chi connectivity index (χ4n) is 2.23. The van der Waals surface area contributed by atoms with Crippen molar-refractivity contribution < 1.29 is 14.3 Å². The molecule has 3 nitrogen and oxygen atoms in total. The van der Waals surface area contributed by atoms with Gasteiger partial charge in [0.1, 0.15) is 11.5 Å². The molecule has 0 aliphatic carbocycles. The van der Waals surface area contributed by atoms with Gasteiger partial charge in [0.05, 0.1) is 12.7 Å². The van der Waals surface area contributed by atoms with Crippen LogP contribution in [0, 0.1) is 6.92 Å². The van der Waals surface area contributed by atoms with E-state index in [0.29, 0.717) is 11.3 Å². The van der Waals surface area contributed by atoms with E-state index < -0.39 is 0 Å². The van der Waals surface area contributed by atoms with Gasteiger partial charge in [0.25, 0.3) is 0 Å². The summed E-state index contributed by atoms with van der Waals surface area (Å²) in [5.41, 5.74) is 3.56.